The van der Waals surface area contributed by atoms with Gasteiger partial charge in [-0.25, -0.2) is 4.79 Å². The van der Waals surface area contributed by atoms with E-state index in [0.29, 0.717) is 29.8 Å². The van der Waals surface area contributed by atoms with Crippen molar-refractivity contribution in [3.8, 4) is 5.75 Å². The Bertz CT molecular complexity index is 854. The lowest BCUT2D eigenvalue weighted by Gasteiger charge is -2.42. The fourth-order valence-electron chi connectivity index (χ4n) is 4.72. The highest BCUT2D eigenvalue weighted by molar-refractivity contribution is 5.99. The number of aliphatic carboxylic acids is 1. The van der Waals surface area contributed by atoms with Crippen molar-refractivity contribution in [1.82, 2.24) is 10.2 Å². The number of amides is 3. The van der Waals surface area contributed by atoms with Gasteiger partial charge < -0.3 is 30.1 Å². The number of carboxylic acids is 1. The minimum Gasteiger partial charge on any atom is -0.490 e. The first-order valence-corrected chi connectivity index (χ1v) is 10.9. The lowest BCUT2D eigenvalue weighted by molar-refractivity contribution is -0.148. The normalized spacial score (nSPS) is 26.2. The molecule has 2 heterocycles. The summed E-state index contributed by atoms with van der Waals surface area (Å²) >= 11 is 0. The van der Waals surface area contributed by atoms with E-state index in [4.69, 9.17) is 14.6 Å². The quantitative estimate of drug-likeness (QED) is 0.675. The van der Waals surface area contributed by atoms with Crippen LogP contribution in [-0.4, -0.2) is 65.9 Å². The van der Waals surface area contributed by atoms with Crippen LogP contribution in [0.2, 0.25) is 0 Å². The SMILES string of the molecule is CN1C(=O)c2cc(NC(=O)NC3CCCC3)ccc2OC[C@H]2O[C@@H](CC(=O)O)CC[C@@H]21. The van der Waals surface area contributed by atoms with Crippen LogP contribution >= 0.6 is 0 Å². The fraction of sp³-hybridized carbons (Fsp3) is 0.591. The Kier molecular flexibility index (Phi) is 6.31. The number of ether oxygens (including phenoxy) is 2. The molecule has 0 spiro atoms. The maximum absolute atomic E-state index is 13.2. The second-order valence-electron chi connectivity index (χ2n) is 8.56. The van der Waals surface area contributed by atoms with Crippen LogP contribution in [0.1, 0.15) is 55.3 Å². The molecule has 0 bridgehead atoms. The summed E-state index contributed by atoms with van der Waals surface area (Å²) in [6.45, 7) is 0.223. The van der Waals surface area contributed by atoms with Gasteiger partial charge in [0, 0.05) is 18.8 Å². The summed E-state index contributed by atoms with van der Waals surface area (Å²) in [4.78, 5) is 38.2. The van der Waals surface area contributed by atoms with E-state index in [-0.39, 0.29) is 43.2 Å². The molecule has 31 heavy (non-hydrogen) atoms. The van der Waals surface area contributed by atoms with Gasteiger partial charge in [-0.2, -0.15) is 0 Å². The van der Waals surface area contributed by atoms with Gasteiger partial charge in [-0.1, -0.05) is 12.8 Å². The molecule has 3 N–H and O–H groups in total. The van der Waals surface area contributed by atoms with Gasteiger partial charge in [-0.05, 0) is 43.9 Å². The average molecular weight is 431 g/mol. The van der Waals surface area contributed by atoms with Crippen molar-refractivity contribution >= 4 is 23.6 Å². The zero-order valence-corrected chi connectivity index (χ0v) is 17.6. The number of fused-ring (bicyclic) bond motifs is 2. The summed E-state index contributed by atoms with van der Waals surface area (Å²) in [7, 11) is 1.73. The predicted octanol–water partition coefficient (Wildman–Crippen LogP) is 2.61. The zero-order chi connectivity index (χ0) is 22.0. The number of carbonyl (C=O) groups excluding carboxylic acids is 2. The predicted molar refractivity (Wildman–Crippen MR) is 112 cm³/mol. The molecule has 1 aromatic carbocycles. The maximum atomic E-state index is 13.2. The minimum absolute atomic E-state index is 0.0601. The molecule has 0 radical (unpaired) electrons. The monoisotopic (exact) mass is 431 g/mol. The third kappa shape index (κ3) is 4.92. The number of nitrogens with one attached hydrogen (secondary N) is 2. The number of urea groups is 1. The summed E-state index contributed by atoms with van der Waals surface area (Å²) in [5.41, 5.74) is 0.908. The van der Waals surface area contributed by atoms with E-state index in [0.717, 1.165) is 25.7 Å². The third-order valence-electron chi connectivity index (χ3n) is 6.36. The maximum Gasteiger partial charge on any atom is 0.319 e. The number of nitrogens with zero attached hydrogens (tertiary/aromatic N) is 1. The summed E-state index contributed by atoms with van der Waals surface area (Å²) < 4.78 is 11.8. The highest BCUT2D eigenvalue weighted by Crippen LogP contribution is 2.32. The van der Waals surface area contributed by atoms with Crippen LogP contribution in [0, 0.1) is 0 Å². The summed E-state index contributed by atoms with van der Waals surface area (Å²) in [5.74, 6) is -0.701. The van der Waals surface area contributed by atoms with E-state index in [2.05, 4.69) is 10.6 Å². The molecule has 3 amide bonds. The van der Waals surface area contributed by atoms with Crippen molar-refractivity contribution < 1.29 is 29.0 Å². The number of benzene rings is 1. The van der Waals surface area contributed by atoms with Crippen LogP contribution in [0.25, 0.3) is 0 Å². The topological polar surface area (TPSA) is 117 Å². The lowest BCUT2D eigenvalue weighted by Crippen LogP contribution is -2.53. The molecule has 1 aromatic rings. The smallest absolute Gasteiger partial charge is 0.319 e. The second kappa shape index (κ2) is 9.13. The van der Waals surface area contributed by atoms with Gasteiger partial charge in [0.15, 0.2) is 0 Å². The van der Waals surface area contributed by atoms with E-state index in [1.54, 1.807) is 30.1 Å². The van der Waals surface area contributed by atoms with Gasteiger partial charge in [0.05, 0.1) is 24.1 Å². The van der Waals surface area contributed by atoms with Gasteiger partial charge >= 0.3 is 12.0 Å². The van der Waals surface area contributed by atoms with E-state index >= 15 is 0 Å². The Morgan fingerprint density at radius 3 is 2.71 bits per heavy atom. The fourth-order valence-corrected chi connectivity index (χ4v) is 4.72. The Labute approximate surface area is 181 Å². The largest absolute Gasteiger partial charge is 0.490 e. The zero-order valence-electron chi connectivity index (χ0n) is 17.6. The molecule has 0 aromatic heterocycles. The van der Waals surface area contributed by atoms with Crippen LogP contribution in [0.3, 0.4) is 0 Å². The van der Waals surface area contributed by atoms with Crippen molar-refractivity contribution in [3.63, 3.8) is 0 Å². The number of anilines is 1. The van der Waals surface area contributed by atoms with Crippen molar-refractivity contribution in [2.75, 3.05) is 19.0 Å². The Morgan fingerprint density at radius 1 is 1.19 bits per heavy atom. The number of rotatable bonds is 4. The summed E-state index contributed by atoms with van der Waals surface area (Å²) in [5, 5.41) is 14.8. The number of likely N-dealkylation sites (N-methyl/N-ethyl adjacent to an activating group) is 1. The van der Waals surface area contributed by atoms with Crippen molar-refractivity contribution in [2.24, 2.45) is 0 Å². The highest BCUT2D eigenvalue weighted by Gasteiger charge is 2.39. The molecule has 3 aliphatic rings. The Hall–Kier alpha value is -2.81. The van der Waals surface area contributed by atoms with Crippen LogP contribution in [0.15, 0.2) is 18.2 Å². The summed E-state index contributed by atoms with van der Waals surface area (Å²) in [6, 6.07) is 4.74. The van der Waals surface area contributed by atoms with Gasteiger partial charge in [0.2, 0.25) is 0 Å². The molecule has 3 atom stereocenters. The van der Waals surface area contributed by atoms with Crippen molar-refractivity contribution in [2.45, 2.75) is 69.2 Å². The molecule has 168 valence electrons. The standard InChI is InChI=1S/C22H29N3O6/c1-25-17-8-7-15(11-20(26)27)31-19(17)12-30-18-9-6-14(10-16(18)21(25)28)24-22(29)23-13-4-2-3-5-13/h6,9-10,13,15,17,19H,2-5,7-8,11-12H2,1H3,(H,26,27)(H2,23,24,29)/t15-,17+,19-/m1/s1. The molecule has 2 aliphatic heterocycles. The number of hydrogen-bond donors (Lipinski definition) is 3. The van der Waals surface area contributed by atoms with E-state index in [9.17, 15) is 14.4 Å². The van der Waals surface area contributed by atoms with Gasteiger partial charge in [-0.15, -0.1) is 0 Å². The molecule has 1 saturated carbocycles. The second-order valence-corrected chi connectivity index (χ2v) is 8.56. The average Bonchev–Trinajstić information content (AvgIpc) is 3.23. The van der Waals surface area contributed by atoms with E-state index in [1.165, 1.54) is 0 Å². The van der Waals surface area contributed by atoms with Gasteiger partial charge in [0.1, 0.15) is 18.5 Å². The minimum atomic E-state index is -0.901. The molecule has 4 rings (SSSR count). The summed E-state index contributed by atoms with van der Waals surface area (Å²) in [6.07, 6.45) is 4.63. The number of hydrogen-bond acceptors (Lipinski definition) is 5. The van der Waals surface area contributed by atoms with Crippen LogP contribution < -0.4 is 15.4 Å². The Morgan fingerprint density at radius 2 is 1.97 bits per heavy atom. The molecule has 9 nitrogen and oxygen atoms in total. The van der Waals surface area contributed by atoms with Gasteiger partial charge in [-0.3, -0.25) is 9.59 Å². The molecule has 2 fully saturated rings. The van der Waals surface area contributed by atoms with Gasteiger partial charge in [0.25, 0.3) is 5.91 Å². The van der Waals surface area contributed by atoms with E-state index in [1.807, 2.05) is 0 Å². The van der Waals surface area contributed by atoms with Crippen LogP contribution in [0.5, 0.6) is 5.75 Å². The number of carbonyl (C=O) groups is 3. The molecular weight excluding hydrogens is 402 g/mol. The first-order valence-electron chi connectivity index (χ1n) is 10.9. The molecule has 9 heteroatoms. The molecule has 0 unspecified atom stereocenters. The molecular formula is C22H29N3O6. The van der Waals surface area contributed by atoms with Crippen LogP contribution in [0.4, 0.5) is 10.5 Å². The van der Waals surface area contributed by atoms with Crippen molar-refractivity contribution in [1.29, 1.82) is 0 Å². The molecule has 1 aliphatic carbocycles. The van der Waals surface area contributed by atoms with Crippen molar-refractivity contribution in [3.05, 3.63) is 23.8 Å². The van der Waals surface area contributed by atoms with E-state index < -0.39 is 12.1 Å². The first-order chi connectivity index (χ1) is 14.9. The highest BCUT2D eigenvalue weighted by atomic mass is 16.5. The molecule has 1 saturated heterocycles. The first kappa shape index (κ1) is 21.4. The van der Waals surface area contributed by atoms with Crippen LogP contribution in [-0.2, 0) is 9.53 Å². The third-order valence-corrected chi connectivity index (χ3v) is 6.36. The Balaban J connectivity index is 1.47. The lowest BCUT2D eigenvalue weighted by atomic mass is 9.94. The number of carboxylic acid groups (broad SMARTS) is 1.